The minimum Gasteiger partial charge on any atom is -0.366 e. The number of benzene rings is 2. The third-order valence-corrected chi connectivity index (χ3v) is 4.07. The molecule has 0 aromatic heterocycles. The first-order valence-corrected chi connectivity index (χ1v) is 7.59. The van der Waals surface area contributed by atoms with Crippen LogP contribution in [0.1, 0.15) is 29.3 Å². The Kier molecular flexibility index (Phi) is 4.02. The van der Waals surface area contributed by atoms with Crippen molar-refractivity contribution in [2.75, 3.05) is 10.2 Å². The molecule has 0 radical (unpaired) electrons. The Morgan fingerprint density at radius 1 is 1.26 bits per heavy atom. The molecule has 0 saturated carbocycles. The van der Waals surface area contributed by atoms with Crippen molar-refractivity contribution < 1.29 is 9.59 Å². The van der Waals surface area contributed by atoms with Gasteiger partial charge in [0, 0.05) is 24.6 Å². The van der Waals surface area contributed by atoms with Gasteiger partial charge in [-0.1, -0.05) is 30.3 Å². The lowest BCUT2D eigenvalue weighted by molar-refractivity contribution is -0.116. The molecule has 0 aliphatic carbocycles. The van der Waals surface area contributed by atoms with Crippen molar-refractivity contribution in [2.24, 2.45) is 5.73 Å². The summed E-state index contributed by atoms with van der Waals surface area (Å²) in [5.41, 5.74) is 8.42. The first kappa shape index (κ1) is 15.1. The number of hydrogen-bond donors (Lipinski definition) is 2. The number of nitrogens with one attached hydrogen (secondary N) is 1. The summed E-state index contributed by atoms with van der Waals surface area (Å²) in [5, 5.41) is 2.88. The number of nitrogens with two attached hydrogens (primary N) is 1. The highest BCUT2D eigenvalue weighted by Gasteiger charge is 2.25. The fourth-order valence-electron chi connectivity index (χ4n) is 2.88. The second-order valence-corrected chi connectivity index (χ2v) is 5.81. The second kappa shape index (κ2) is 6.12. The zero-order valence-electron chi connectivity index (χ0n) is 13.0. The van der Waals surface area contributed by atoms with E-state index < -0.39 is 5.91 Å². The Balaban J connectivity index is 2.02. The van der Waals surface area contributed by atoms with E-state index in [-0.39, 0.29) is 11.9 Å². The highest BCUT2D eigenvalue weighted by molar-refractivity contribution is 6.00. The Morgan fingerprint density at radius 2 is 2.00 bits per heavy atom. The van der Waals surface area contributed by atoms with Crippen LogP contribution < -0.4 is 16.0 Å². The molecule has 5 heteroatoms. The molecule has 3 N–H and O–H groups in total. The average molecular weight is 309 g/mol. The number of primary amides is 1. The molecule has 5 nitrogen and oxygen atoms in total. The van der Waals surface area contributed by atoms with Crippen LogP contribution in [0.5, 0.6) is 0 Å². The molecule has 1 aliphatic rings. The van der Waals surface area contributed by atoms with Crippen LogP contribution in [0.15, 0.2) is 48.5 Å². The third kappa shape index (κ3) is 3.18. The van der Waals surface area contributed by atoms with E-state index in [0.717, 1.165) is 5.69 Å². The van der Waals surface area contributed by atoms with Crippen LogP contribution in [-0.2, 0) is 11.3 Å². The summed E-state index contributed by atoms with van der Waals surface area (Å²) in [6.45, 7) is 2.72. The molecule has 0 fully saturated rings. The number of rotatable bonds is 3. The predicted molar refractivity (Wildman–Crippen MR) is 90.3 cm³/mol. The van der Waals surface area contributed by atoms with Crippen LogP contribution >= 0.6 is 0 Å². The van der Waals surface area contributed by atoms with Crippen molar-refractivity contribution >= 4 is 23.2 Å². The van der Waals surface area contributed by atoms with Gasteiger partial charge in [0.05, 0.1) is 11.4 Å². The van der Waals surface area contributed by atoms with Crippen LogP contribution in [0, 0.1) is 0 Å². The number of anilines is 2. The standard InChI is InChI=1S/C18H19N3O2/c1-12-9-17(22)20-15-10-14(18(19)23)7-8-16(15)21(12)11-13-5-3-2-4-6-13/h2-8,10,12H,9,11H2,1H3,(H2,19,23)(H,20,22). The lowest BCUT2D eigenvalue weighted by Gasteiger charge is -2.30. The van der Waals surface area contributed by atoms with E-state index >= 15 is 0 Å². The van der Waals surface area contributed by atoms with E-state index in [1.165, 1.54) is 5.56 Å². The summed E-state index contributed by atoms with van der Waals surface area (Å²) in [4.78, 5) is 25.6. The zero-order valence-corrected chi connectivity index (χ0v) is 13.0. The largest absolute Gasteiger partial charge is 0.366 e. The van der Waals surface area contributed by atoms with Gasteiger partial charge in [-0.15, -0.1) is 0 Å². The van der Waals surface area contributed by atoms with Crippen LogP contribution in [0.2, 0.25) is 0 Å². The van der Waals surface area contributed by atoms with Gasteiger partial charge in [0.1, 0.15) is 0 Å². The summed E-state index contributed by atoms with van der Waals surface area (Å²) in [6, 6.07) is 15.3. The minimum atomic E-state index is -0.506. The average Bonchev–Trinajstić information content (AvgIpc) is 2.64. The topological polar surface area (TPSA) is 75.4 Å². The van der Waals surface area contributed by atoms with Gasteiger partial charge in [0.2, 0.25) is 11.8 Å². The number of fused-ring (bicyclic) bond motifs is 1. The lowest BCUT2D eigenvalue weighted by Crippen LogP contribution is -2.33. The maximum absolute atomic E-state index is 12.1. The summed E-state index contributed by atoms with van der Waals surface area (Å²) >= 11 is 0. The highest BCUT2D eigenvalue weighted by atomic mass is 16.2. The molecule has 0 saturated heterocycles. The fourth-order valence-corrected chi connectivity index (χ4v) is 2.88. The molecular formula is C18H19N3O2. The predicted octanol–water partition coefficient (Wildman–Crippen LogP) is 2.52. The Hall–Kier alpha value is -2.82. The minimum absolute atomic E-state index is 0.0517. The van der Waals surface area contributed by atoms with Gasteiger partial charge in [0.25, 0.3) is 0 Å². The van der Waals surface area contributed by atoms with Gasteiger partial charge in [-0.05, 0) is 30.7 Å². The summed E-state index contributed by atoms with van der Waals surface area (Å²) < 4.78 is 0. The molecule has 1 unspecified atom stereocenters. The van der Waals surface area contributed by atoms with Gasteiger partial charge in [-0.25, -0.2) is 0 Å². The number of amides is 2. The molecule has 2 amide bonds. The van der Waals surface area contributed by atoms with Crippen LogP contribution in [-0.4, -0.2) is 17.9 Å². The highest BCUT2D eigenvalue weighted by Crippen LogP contribution is 2.33. The van der Waals surface area contributed by atoms with Gasteiger partial charge >= 0.3 is 0 Å². The van der Waals surface area contributed by atoms with Gasteiger partial charge in [-0.2, -0.15) is 0 Å². The molecule has 0 spiro atoms. The van der Waals surface area contributed by atoms with Crippen molar-refractivity contribution in [1.29, 1.82) is 0 Å². The normalized spacial score (nSPS) is 17.2. The summed E-state index contributed by atoms with van der Waals surface area (Å²) in [7, 11) is 0. The number of carbonyl (C=O) groups excluding carboxylic acids is 2. The second-order valence-electron chi connectivity index (χ2n) is 5.81. The quantitative estimate of drug-likeness (QED) is 0.915. The zero-order chi connectivity index (χ0) is 16.4. The van der Waals surface area contributed by atoms with E-state index in [9.17, 15) is 9.59 Å². The number of nitrogens with zero attached hydrogens (tertiary/aromatic N) is 1. The Bertz CT molecular complexity index is 743. The maximum atomic E-state index is 12.1. The van der Waals surface area contributed by atoms with Gasteiger partial charge in [-0.3, -0.25) is 9.59 Å². The lowest BCUT2D eigenvalue weighted by atomic mass is 10.1. The molecule has 1 heterocycles. The summed E-state index contributed by atoms with van der Waals surface area (Å²) in [5.74, 6) is -0.565. The molecule has 0 bridgehead atoms. The fraction of sp³-hybridized carbons (Fsp3) is 0.222. The van der Waals surface area contributed by atoms with Crippen molar-refractivity contribution in [3.63, 3.8) is 0 Å². The Labute approximate surface area is 135 Å². The molecule has 3 rings (SSSR count). The van der Waals surface area contributed by atoms with Gasteiger partial charge < -0.3 is 16.0 Å². The molecule has 1 aliphatic heterocycles. The molecule has 2 aromatic carbocycles. The van der Waals surface area contributed by atoms with E-state index in [2.05, 4.69) is 22.3 Å². The SMILES string of the molecule is CC1CC(=O)Nc2cc(C(N)=O)ccc2N1Cc1ccccc1. The van der Waals surface area contributed by atoms with E-state index in [4.69, 9.17) is 5.73 Å². The van der Waals surface area contributed by atoms with E-state index in [1.54, 1.807) is 12.1 Å². The van der Waals surface area contributed by atoms with Crippen molar-refractivity contribution in [3.05, 3.63) is 59.7 Å². The molecular weight excluding hydrogens is 290 g/mol. The molecule has 2 aromatic rings. The van der Waals surface area contributed by atoms with Crippen LogP contribution in [0.25, 0.3) is 0 Å². The van der Waals surface area contributed by atoms with Crippen LogP contribution in [0.3, 0.4) is 0 Å². The number of carbonyl (C=O) groups is 2. The van der Waals surface area contributed by atoms with Crippen molar-refractivity contribution in [2.45, 2.75) is 25.9 Å². The summed E-state index contributed by atoms with van der Waals surface area (Å²) in [6.07, 6.45) is 0.396. The first-order valence-electron chi connectivity index (χ1n) is 7.59. The van der Waals surface area contributed by atoms with Crippen molar-refractivity contribution in [3.8, 4) is 0 Å². The monoisotopic (exact) mass is 309 g/mol. The maximum Gasteiger partial charge on any atom is 0.248 e. The third-order valence-electron chi connectivity index (χ3n) is 4.07. The van der Waals surface area contributed by atoms with E-state index in [0.29, 0.717) is 24.2 Å². The first-order chi connectivity index (χ1) is 11.0. The molecule has 118 valence electrons. The van der Waals surface area contributed by atoms with E-state index in [1.807, 2.05) is 31.2 Å². The molecule has 1 atom stereocenters. The Morgan fingerprint density at radius 3 is 2.70 bits per heavy atom. The van der Waals surface area contributed by atoms with Gasteiger partial charge in [0.15, 0.2) is 0 Å². The van der Waals surface area contributed by atoms with Crippen molar-refractivity contribution in [1.82, 2.24) is 0 Å². The smallest absolute Gasteiger partial charge is 0.248 e. The molecule has 23 heavy (non-hydrogen) atoms. The number of hydrogen-bond acceptors (Lipinski definition) is 3. The van der Waals surface area contributed by atoms with Crippen LogP contribution in [0.4, 0.5) is 11.4 Å².